The van der Waals surface area contributed by atoms with Gasteiger partial charge in [0.15, 0.2) is 5.16 Å². The lowest BCUT2D eigenvalue weighted by molar-refractivity contribution is -0.118. The highest BCUT2D eigenvalue weighted by atomic mass is 32.2. The molecule has 0 atom stereocenters. The van der Waals surface area contributed by atoms with Crippen LogP contribution in [0.3, 0.4) is 0 Å². The highest BCUT2D eigenvalue weighted by Crippen LogP contribution is 2.32. The third-order valence-corrected chi connectivity index (χ3v) is 7.14. The zero-order valence-corrected chi connectivity index (χ0v) is 18.7. The number of hydrogen-bond acceptors (Lipinski definition) is 4. The van der Waals surface area contributed by atoms with E-state index in [0.717, 1.165) is 37.6 Å². The summed E-state index contributed by atoms with van der Waals surface area (Å²) in [5.74, 6) is 0.195. The molecule has 5 rings (SSSR count). The number of thioether (sulfide) groups is 1. The second-order valence-electron chi connectivity index (χ2n) is 8.27. The van der Waals surface area contributed by atoms with E-state index in [0.29, 0.717) is 22.6 Å². The Morgan fingerprint density at radius 2 is 1.84 bits per heavy atom. The molecule has 1 amide bonds. The smallest absolute Gasteiger partial charge is 0.262 e. The van der Waals surface area contributed by atoms with Gasteiger partial charge < -0.3 is 10.3 Å². The maximum absolute atomic E-state index is 13.2. The Morgan fingerprint density at radius 3 is 2.69 bits per heavy atom. The van der Waals surface area contributed by atoms with Crippen LogP contribution in [0.15, 0.2) is 64.7 Å². The molecule has 2 N–H and O–H groups in total. The normalized spacial score (nSPS) is 14.4. The van der Waals surface area contributed by atoms with E-state index in [1.807, 2.05) is 47.2 Å². The lowest BCUT2D eigenvalue weighted by Crippen LogP contribution is -2.29. The van der Waals surface area contributed by atoms with Crippen molar-refractivity contribution in [2.45, 2.75) is 43.3 Å². The molecule has 0 saturated heterocycles. The molecule has 0 unspecified atom stereocenters. The molecule has 6 nitrogen and oxygen atoms in total. The van der Waals surface area contributed by atoms with Gasteiger partial charge in [-0.15, -0.1) is 0 Å². The predicted octanol–water partition coefficient (Wildman–Crippen LogP) is 4.44. The van der Waals surface area contributed by atoms with E-state index in [1.54, 1.807) is 0 Å². The van der Waals surface area contributed by atoms with Gasteiger partial charge in [0, 0.05) is 29.7 Å². The van der Waals surface area contributed by atoms with Crippen LogP contribution in [0.2, 0.25) is 0 Å². The van der Waals surface area contributed by atoms with Crippen LogP contribution in [-0.2, 0) is 11.2 Å². The van der Waals surface area contributed by atoms with Crippen molar-refractivity contribution in [1.29, 1.82) is 0 Å². The second kappa shape index (κ2) is 9.20. The number of para-hydroxylation sites is 2. The molecule has 0 radical (unpaired) electrons. The number of carbonyl (C=O) groups excluding carboxylic acids is 1. The molecule has 7 heteroatoms. The summed E-state index contributed by atoms with van der Waals surface area (Å²) < 4.78 is 1.83. The van der Waals surface area contributed by atoms with Crippen molar-refractivity contribution in [3.05, 3.63) is 70.6 Å². The maximum atomic E-state index is 13.2. The number of fused-ring (bicyclic) bond motifs is 2. The molecular formula is C25H26N4O2S. The third kappa shape index (κ3) is 4.17. The van der Waals surface area contributed by atoms with E-state index < -0.39 is 0 Å². The number of aromatic amines is 1. The molecule has 2 heterocycles. The SMILES string of the molecule is O=C(CSc1nc2ccccc2c(=O)n1C1CCCC1)NCCc1c[nH]c2ccccc12. The zero-order chi connectivity index (χ0) is 21.9. The molecule has 1 aliphatic carbocycles. The molecule has 1 fully saturated rings. The van der Waals surface area contributed by atoms with Crippen LogP contribution in [0.4, 0.5) is 0 Å². The Bertz CT molecular complexity index is 1320. The number of rotatable bonds is 7. The molecule has 2 aromatic carbocycles. The van der Waals surface area contributed by atoms with Gasteiger partial charge in [-0.1, -0.05) is 54.9 Å². The fourth-order valence-corrected chi connectivity index (χ4v) is 5.46. The van der Waals surface area contributed by atoms with Crippen molar-refractivity contribution in [3.8, 4) is 0 Å². The van der Waals surface area contributed by atoms with E-state index in [1.165, 1.54) is 22.7 Å². The van der Waals surface area contributed by atoms with Gasteiger partial charge in [-0.3, -0.25) is 14.2 Å². The highest BCUT2D eigenvalue weighted by Gasteiger charge is 2.23. The number of hydrogen-bond donors (Lipinski definition) is 2. The first-order chi connectivity index (χ1) is 15.7. The van der Waals surface area contributed by atoms with Gasteiger partial charge in [0.2, 0.25) is 5.91 Å². The number of benzene rings is 2. The highest BCUT2D eigenvalue weighted by molar-refractivity contribution is 7.99. The predicted molar refractivity (Wildman–Crippen MR) is 129 cm³/mol. The van der Waals surface area contributed by atoms with Gasteiger partial charge in [-0.05, 0) is 43.0 Å². The first kappa shape index (κ1) is 20.8. The molecule has 2 aromatic heterocycles. The maximum Gasteiger partial charge on any atom is 0.262 e. The van der Waals surface area contributed by atoms with Gasteiger partial charge in [-0.25, -0.2) is 4.98 Å². The Hall–Kier alpha value is -3.06. The van der Waals surface area contributed by atoms with Crippen LogP contribution >= 0.6 is 11.8 Å². The van der Waals surface area contributed by atoms with Crippen molar-refractivity contribution < 1.29 is 4.79 Å². The topological polar surface area (TPSA) is 79.8 Å². The van der Waals surface area contributed by atoms with E-state index in [4.69, 9.17) is 4.98 Å². The van der Waals surface area contributed by atoms with Crippen molar-refractivity contribution in [2.75, 3.05) is 12.3 Å². The number of amides is 1. The summed E-state index contributed by atoms with van der Waals surface area (Å²) in [5.41, 5.74) is 3.00. The monoisotopic (exact) mass is 446 g/mol. The largest absolute Gasteiger partial charge is 0.361 e. The van der Waals surface area contributed by atoms with E-state index in [-0.39, 0.29) is 23.3 Å². The molecule has 1 aliphatic rings. The van der Waals surface area contributed by atoms with E-state index in [9.17, 15) is 9.59 Å². The number of H-pyrrole nitrogens is 1. The second-order valence-corrected chi connectivity index (χ2v) is 9.22. The summed E-state index contributed by atoms with van der Waals surface area (Å²) in [4.78, 5) is 33.7. The Labute approximate surface area is 190 Å². The summed E-state index contributed by atoms with van der Waals surface area (Å²) in [6, 6.07) is 15.8. The van der Waals surface area contributed by atoms with E-state index >= 15 is 0 Å². The molecule has 0 bridgehead atoms. The van der Waals surface area contributed by atoms with Gasteiger partial charge in [0.25, 0.3) is 5.56 Å². The number of nitrogens with one attached hydrogen (secondary N) is 2. The van der Waals surface area contributed by atoms with Crippen LogP contribution in [0.25, 0.3) is 21.8 Å². The summed E-state index contributed by atoms with van der Waals surface area (Å²) in [6.45, 7) is 0.571. The molecule has 0 aliphatic heterocycles. The minimum Gasteiger partial charge on any atom is -0.361 e. The average Bonchev–Trinajstić information content (AvgIpc) is 3.48. The molecular weight excluding hydrogens is 420 g/mol. The molecule has 0 spiro atoms. The summed E-state index contributed by atoms with van der Waals surface area (Å²) in [6.07, 6.45) is 7.01. The van der Waals surface area contributed by atoms with Gasteiger partial charge in [0.05, 0.1) is 16.7 Å². The molecule has 164 valence electrons. The lowest BCUT2D eigenvalue weighted by Gasteiger charge is -2.18. The van der Waals surface area contributed by atoms with Crippen molar-refractivity contribution in [1.82, 2.24) is 19.9 Å². The van der Waals surface area contributed by atoms with Crippen LogP contribution in [0, 0.1) is 0 Å². The minimum atomic E-state index is -0.0461. The van der Waals surface area contributed by atoms with Crippen LogP contribution < -0.4 is 10.9 Å². The quantitative estimate of drug-likeness (QED) is 0.325. The fraction of sp³-hybridized carbons (Fsp3) is 0.320. The van der Waals surface area contributed by atoms with Crippen LogP contribution in [-0.4, -0.2) is 32.7 Å². The number of nitrogens with zero attached hydrogens (tertiary/aromatic N) is 2. The van der Waals surface area contributed by atoms with Gasteiger partial charge in [0.1, 0.15) is 0 Å². The van der Waals surface area contributed by atoms with Crippen LogP contribution in [0.5, 0.6) is 0 Å². The summed E-state index contributed by atoms with van der Waals surface area (Å²) in [5, 5.41) is 5.49. The van der Waals surface area contributed by atoms with Crippen LogP contribution in [0.1, 0.15) is 37.3 Å². The number of aromatic nitrogens is 3. The first-order valence-electron chi connectivity index (χ1n) is 11.2. The number of carbonyl (C=O) groups is 1. The van der Waals surface area contributed by atoms with Gasteiger partial charge >= 0.3 is 0 Å². The molecule has 32 heavy (non-hydrogen) atoms. The Morgan fingerprint density at radius 1 is 1.09 bits per heavy atom. The zero-order valence-electron chi connectivity index (χ0n) is 17.8. The molecule has 1 saturated carbocycles. The lowest BCUT2D eigenvalue weighted by atomic mass is 10.1. The minimum absolute atomic E-state index is 0.00439. The van der Waals surface area contributed by atoms with Crippen molar-refractivity contribution in [2.24, 2.45) is 0 Å². The summed E-state index contributed by atoms with van der Waals surface area (Å²) in [7, 11) is 0. The fourth-order valence-electron chi connectivity index (χ4n) is 4.57. The van der Waals surface area contributed by atoms with E-state index in [2.05, 4.69) is 22.4 Å². The third-order valence-electron chi connectivity index (χ3n) is 6.19. The average molecular weight is 447 g/mol. The summed E-state index contributed by atoms with van der Waals surface area (Å²) >= 11 is 1.36. The Kier molecular flexibility index (Phi) is 5.99. The standard InChI is InChI=1S/C25H26N4O2S/c30-23(26-14-13-17-15-27-21-11-5-3-9-19(17)21)16-32-25-28-22-12-6-4-10-20(22)24(31)29(25)18-7-1-2-8-18/h3-6,9-12,15,18,27H,1-2,7-8,13-14,16H2,(H,26,30). The Balaban J connectivity index is 1.26. The van der Waals surface area contributed by atoms with Crippen molar-refractivity contribution >= 4 is 39.5 Å². The van der Waals surface area contributed by atoms with Crippen molar-refractivity contribution in [3.63, 3.8) is 0 Å². The van der Waals surface area contributed by atoms with Gasteiger partial charge in [-0.2, -0.15) is 0 Å². The molecule has 4 aromatic rings. The first-order valence-corrected chi connectivity index (χ1v) is 12.1.